The number of hydrogen-bond donors (Lipinski definition) is 3. The van der Waals surface area contributed by atoms with Gasteiger partial charge in [-0.05, 0) is 24.3 Å². The third-order valence-electron chi connectivity index (χ3n) is 2.19. The van der Waals surface area contributed by atoms with Gasteiger partial charge in [0.1, 0.15) is 6.73 Å². The molecule has 0 radical (unpaired) electrons. The Morgan fingerprint density at radius 2 is 1.89 bits per heavy atom. The van der Waals surface area contributed by atoms with Crippen LogP contribution in [0.25, 0.3) is 0 Å². The predicted octanol–water partition coefficient (Wildman–Crippen LogP) is 0.527. The van der Waals surface area contributed by atoms with E-state index in [-0.39, 0.29) is 6.73 Å². The van der Waals surface area contributed by atoms with Crippen LogP contribution in [0.5, 0.6) is 0 Å². The Morgan fingerprint density at radius 1 is 1.21 bits per heavy atom. The first-order chi connectivity index (χ1) is 9.13. The Balaban J connectivity index is 2.30. The molecule has 0 bridgehead atoms. The van der Waals surface area contributed by atoms with Gasteiger partial charge in [-0.2, -0.15) is 0 Å². The fraction of sp³-hybridized carbons (Fsp3) is 0.333. The fourth-order valence-corrected chi connectivity index (χ4v) is 1.22. The lowest BCUT2D eigenvalue weighted by Gasteiger charge is -2.08. The molecule has 1 aromatic rings. The molecular weight excluding hydrogens is 250 g/mol. The first-order valence-corrected chi connectivity index (χ1v) is 5.65. The van der Waals surface area contributed by atoms with Crippen molar-refractivity contribution in [3.05, 3.63) is 29.8 Å². The van der Waals surface area contributed by atoms with E-state index in [1.807, 2.05) is 0 Å². The molecule has 0 aliphatic rings. The highest BCUT2D eigenvalue weighted by molar-refractivity contribution is 5.94. The molecule has 104 valence electrons. The molecule has 3 amide bonds. The van der Waals surface area contributed by atoms with Crippen molar-refractivity contribution in [2.45, 2.75) is 0 Å². The highest BCUT2D eigenvalue weighted by atomic mass is 16.5. The summed E-state index contributed by atoms with van der Waals surface area (Å²) in [5, 5.41) is 5.09. The fourth-order valence-electron chi connectivity index (χ4n) is 1.22. The van der Waals surface area contributed by atoms with E-state index in [0.29, 0.717) is 24.5 Å². The van der Waals surface area contributed by atoms with Crippen LogP contribution in [-0.4, -0.2) is 39.0 Å². The summed E-state index contributed by atoms with van der Waals surface area (Å²) in [5.74, 6) is -0.512. The average molecular weight is 267 g/mol. The first kappa shape index (κ1) is 14.9. The Kier molecular flexibility index (Phi) is 6.34. The van der Waals surface area contributed by atoms with Crippen molar-refractivity contribution < 1.29 is 19.1 Å². The summed E-state index contributed by atoms with van der Waals surface area (Å²) in [6.07, 6.45) is 0. The molecule has 0 saturated carbocycles. The second-order valence-corrected chi connectivity index (χ2v) is 3.62. The van der Waals surface area contributed by atoms with Crippen molar-refractivity contribution >= 4 is 17.6 Å². The first-order valence-electron chi connectivity index (χ1n) is 5.65. The average Bonchev–Trinajstić information content (AvgIpc) is 2.39. The summed E-state index contributed by atoms with van der Waals surface area (Å²) in [5.41, 5.74) is 6.04. The van der Waals surface area contributed by atoms with E-state index >= 15 is 0 Å². The summed E-state index contributed by atoms with van der Waals surface area (Å²) in [4.78, 5) is 22.3. The van der Waals surface area contributed by atoms with Crippen LogP contribution in [-0.2, 0) is 9.47 Å². The van der Waals surface area contributed by atoms with Crippen LogP contribution in [0, 0.1) is 0 Å². The van der Waals surface area contributed by atoms with Crippen LogP contribution < -0.4 is 16.4 Å². The van der Waals surface area contributed by atoms with Gasteiger partial charge in [-0.1, -0.05) is 0 Å². The summed E-state index contributed by atoms with van der Waals surface area (Å²) < 4.78 is 9.86. The highest BCUT2D eigenvalue weighted by Crippen LogP contribution is 2.08. The summed E-state index contributed by atoms with van der Waals surface area (Å²) >= 11 is 0. The van der Waals surface area contributed by atoms with Crippen LogP contribution in [0.4, 0.5) is 10.5 Å². The van der Waals surface area contributed by atoms with Gasteiger partial charge in [-0.15, -0.1) is 0 Å². The number of amides is 3. The SMILES string of the molecule is COCCOCNC(=O)Nc1ccc(C(N)=O)cc1. The maximum absolute atomic E-state index is 11.4. The van der Waals surface area contributed by atoms with Crippen LogP contribution in [0.1, 0.15) is 10.4 Å². The third-order valence-corrected chi connectivity index (χ3v) is 2.19. The predicted molar refractivity (Wildman–Crippen MR) is 69.8 cm³/mol. The number of anilines is 1. The minimum atomic E-state index is -0.512. The van der Waals surface area contributed by atoms with Crippen LogP contribution in [0.2, 0.25) is 0 Å². The number of carbonyl (C=O) groups excluding carboxylic acids is 2. The summed E-state index contributed by atoms with van der Waals surface area (Å²) in [6.45, 7) is 0.969. The third kappa shape index (κ3) is 5.84. The van der Waals surface area contributed by atoms with E-state index in [2.05, 4.69) is 10.6 Å². The topological polar surface area (TPSA) is 103 Å². The number of nitrogens with two attached hydrogens (primary N) is 1. The van der Waals surface area contributed by atoms with Gasteiger partial charge < -0.3 is 25.8 Å². The molecule has 0 aliphatic heterocycles. The molecule has 0 saturated heterocycles. The number of hydrogen-bond acceptors (Lipinski definition) is 4. The highest BCUT2D eigenvalue weighted by Gasteiger charge is 2.03. The molecule has 0 heterocycles. The number of nitrogens with one attached hydrogen (secondary N) is 2. The van der Waals surface area contributed by atoms with E-state index in [1.54, 1.807) is 19.2 Å². The Bertz CT molecular complexity index is 419. The second kappa shape index (κ2) is 8.06. The molecular formula is C12H17N3O4. The van der Waals surface area contributed by atoms with Gasteiger partial charge >= 0.3 is 6.03 Å². The maximum atomic E-state index is 11.4. The van der Waals surface area contributed by atoms with Gasteiger partial charge in [0.05, 0.1) is 13.2 Å². The number of carbonyl (C=O) groups is 2. The molecule has 19 heavy (non-hydrogen) atoms. The molecule has 0 atom stereocenters. The Hall–Kier alpha value is -2.12. The van der Waals surface area contributed by atoms with Gasteiger partial charge in [0.25, 0.3) is 0 Å². The molecule has 0 aromatic heterocycles. The van der Waals surface area contributed by atoms with Crippen molar-refractivity contribution in [1.82, 2.24) is 5.32 Å². The molecule has 1 rings (SSSR count). The van der Waals surface area contributed by atoms with Gasteiger partial charge in [0.15, 0.2) is 0 Å². The number of primary amides is 1. The van der Waals surface area contributed by atoms with Crippen molar-refractivity contribution in [3.8, 4) is 0 Å². The van der Waals surface area contributed by atoms with Crippen molar-refractivity contribution in [2.75, 3.05) is 32.4 Å². The molecule has 0 unspecified atom stereocenters. The largest absolute Gasteiger partial charge is 0.382 e. The lowest BCUT2D eigenvalue weighted by Crippen LogP contribution is -2.31. The molecule has 1 aromatic carbocycles. The zero-order valence-corrected chi connectivity index (χ0v) is 10.6. The van der Waals surface area contributed by atoms with Crippen LogP contribution >= 0.6 is 0 Å². The van der Waals surface area contributed by atoms with Crippen LogP contribution in [0.3, 0.4) is 0 Å². The number of urea groups is 1. The number of methoxy groups -OCH3 is 1. The quantitative estimate of drug-likeness (QED) is 0.495. The molecule has 0 fully saturated rings. The lowest BCUT2D eigenvalue weighted by atomic mass is 10.2. The molecule has 4 N–H and O–H groups in total. The monoisotopic (exact) mass is 267 g/mol. The van der Waals surface area contributed by atoms with Gasteiger partial charge in [-0.25, -0.2) is 4.79 Å². The zero-order valence-electron chi connectivity index (χ0n) is 10.6. The molecule has 7 heteroatoms. The van der Waals surface area contributed by atoms with Gasteiger partial charge in [0, 0.05) is 18.4 Å². The van der Waals surface area contributed by atoms with Crippen molar-refractivity contribution in [1.29, 1.82) is 0 Å². The molecule has 0 spiro atoms. The maximum Gasteiger partial charge on any atom is 0.321 e. The second-order valence-electron chi connectivity index (χ2n) is 3.62. The number of rotatable bonds is 7. The summed E-state index contributed by atoms with van der Waals surface area (Å²) in [6, 6.07) is 5.85. The summed E-state index contributed by atoms with van der Waals surface area (Å²) in [7, 11) is 1.57. The van der Waals surface area contributed by atoms with Gasteiger partial charge in [0.2, 0.25) is 5.91 Å². The zero-order chi connectivity index (χ0) is 14.1. The molecule has 7 nitrogen and oxygen atoms in total. The standard InChI is InChI=1S/C12H17N3O4/c1-18-6-7-19-8-14-12(17)15-10-4-2-9(3-5-10)11(13)16/h2-5H,6-8H2,1H3,(H2,13,16)(H2,14,15,17). The van der Waals surface area contributed by atoms with Crippen molar-refractivity contribution in [2.24, 2.45) is 5.73 Å². The number of benzene rings is 1. The number of ether oxygens (including phenoxy) is 2. The van der Waals surface area contributed by atoms with Crippen molar-refractivity contribution in [3.63, 3.8) is 0 Å². The Morgan fingerprint density at radius 3 is 2.47 bits per heavy atom. The van der Waals surface area contributed by atoms with Crippen LogP contribution in [0.15, 0.2) is 24.3 Å². The van der Waals surface area contributed by atoms with E-state index in [9.17, 15) is 9.59 Å². The van der Waals surface area contributed by atoms with E-state index in [1.165, 1.54) is 12.1 Å². The minimum Gasteiger partial charge on any atom is -0.382 e. The van der Waals surface area contributed by atoms with E-state index in [0.717, 1.165) is 0 Å². The normalized spacial score (nSPS) is 9.95. The smallest absolute Gasteiger partial charge is 0.321 e. The minimum absolute atomic E-state index is 0.0918. The molecule has 0 aliphatic carbocycles. The lowest BCUT2D eigenvalue weighted by molar-refractivity contribution is 0.0650. The van der Waals surface area contributed by atoms with Gasteiger partial charge in [-0.3, -0.25) is 4.79 Å². The van der Waals surface area contributed by atoms with E-state index < -0.39 is 11.9 Å². The Labute approximate surface area is 111 Å². The van der Waals surface area contributed by atoms with E-state index in [4.69, 9.17) is 15.2 Å².